The Kier molecular flexibility index (Phi) is 5.71. The largest absolute Gasteiger partial charge is 0.481 e. The van der Waals surface area contributed by atoms with Crippen LogP contribution >= 0.6 is 0 Å². The predicted octanol–water partition coefficient (Wildman–Crippen LogP) is 1.13. The molecule has 0 aliphatic carbocycles. The highest BCUT2D eigenvalue weighted by molar-refractivity contribution is 5.85. The van der Waals surface area contributed by atoms with E-state index in [1.807, 2.05) is 0 Å². The number of rotatable bonds is 9. The van der Waals surface area contributed by atoms with Crippen LogP contribution in [-0.4, -0.2) is 27.8 Å². The number of carboxylic acid groups (broad SMARTS) is 1. The van der Waals surface area contributed by atoms with E-state index in [1.54, 1.807) is 18.2 Å². The van der Waals surface area contributed by atoms with Gasteiger partial charge in [0.15, 0.2) is 0 Å². The number of Topliss-reactive ketones (excluding diaryl/α,β-unsaturated/α-hetero) is 1. The van der Waals surface area contributed by atoms with Crippen LogP contribution in [0.1, 0.15) is 30.7 Å². The lowest BCUT2D eigenvalue weighted by atomic mass is 9.95. The normalized spacial score (nSPS) is 11.8. The molecule has 1 atom stereocenters. The fourth-order valence-electron chi connectivity index (χ4n) is 1.87. The standard InChI is InChI=1S/C14H18N2O4/c1-2-10-4-5-11(16-10)8-12(17)7-9(14(19)20)3-6-13(15)18/h2,4-5,9,16H,1,3,6-8H2,(H2,15,18)(H,19,20). The molecule has 1 aromatic rings. The van der Waals surface area contributed by atoms with Gasteiger partial charge in [0.2, 0.25) is 5.91 Å². The number of nitrogens with one attached hydrogen (secondary N) is 1. The van der Waals surface area contributed by atoms with Gasteiger partial charge in [0.05, 0.1) is 5.92 Å². The predicted molar refractivity (Wildman–Crippen MR) is 73.8 cm³/mol. The minimum atomic E-state index is -1.09. The van der Waals surface area contributed by atoms with Crippen LogP contribution in [-0.2, 0) is 20.8 Å². The summed E-state index contributed by atoms with van der Waals surface area (Å²) in [6.07, 6.45) is 1.70. The Balaban J connectivity index is 2.54. The van der Waals surface area contributed by atoms with Crippen LogP contribution in [0.2, 0.25) is 0 Å². The molecule has 0 saturated carbocycles. The molecule has 4 N–H and O–H groups in total. The van der Waals surface area contributed by atoms with E-state index in [-0.39, 0.29) is 31.5 Å². The smallest absolute Gasteiger partial charge is 0.306 e. The van der Waals surface area contributed by atoms with Crippen molar-refractivity contribution in [3.05, 3.63) is 30.1 Å². The molecule has 1 heterocycles. The molecule has 1 amide bonds. The van der Waals surface area contributed by atoms with Crippen molar-refractivity contribution < 1.29 is 19.5 Å². The van der Waals surface area contributed by atoms with Gasteiger partial charge in [0.25, 0.3) is 0 Å². The van der Waals surface area contributed by atoms with E-state index < -0.39 is 17.8 Å². The summed E-state index contributed by atoms with van der Waals surface area (Å²) < 4.78 is 0. The van der Waals surface area contributed by atoms with Crippen LogP contribution in [0.15, 0.2) is 18.7 Å². The van der Waals surface area contributed by atoms with Crippen LogP contribution in [0.4, 0.5) is 0 Å². The summed E-state index contributed by atoms with van der Waals surface area (Å²) in [5.74, 6) is -2.72. The lowest BCUT2D eigenvalue weighted by molar-refractivity contribution is -0.144. The van der Waals surface area contributed by atoms with Crippen LogP contribution in [0.5, 0.6) is 0 Å². The number of hydrogen-bond acceptors (Lipinski definition) is 3. The Hall–Kier alpha value is -2.37. The van der Waals surface area contributed by atoms with Crippen LogP contribution in [0.25, 0.3) is 6.08 Å². The fraction of sp³-hybridized carbons (Fsp3) is 0.357. The number of carbonyl (C=O) groups excluding carboxylic acids is 2. The summed E-state index contributed by atoms with van der Waals surface area (Å²) in [5, 5.41) is 9.02. The molecule has 6 heteroatoms. The SMILES string of the molecule is C=Cc1ccc(CC(=O)CC(CCC(N)=O)C(=O)O)[nH]1. The molecule has 1 rings (SSSR count). The number of aliphatic carboxylic acids is 1. The van der Waals surface area contributed by atoms with Crippen molar-refractivity contribution in [1.82, 2.24) is 4.98 Å². The molecule has 20 heavy (non-hydrogen) atoms. The molecule has 0 fully saturated rings. The molecule has 0 saturated heterocycles. The van der Waals surface area contributed by atoms with Gasteiger partial charge in [-0.25, -0.2) is 0 Å². The zero-order valence-corrected chi connectivity index (χ0v) is 11.1. The zero-order valence-electron chi connectivity index (χ0n) is 11.1. The van der Waals surface area contributed by atoms with Crippen molar-refractivity contribution in [2.24, 2.45) is 11.7 Å². The van der Waals surface area contributed by atoms with Gasteiger partial charge in [0.1, 0.15) is 5.78 Å². The van der Waals surface area contributed by atoms with Crippen molar-refractivity contribution in [2.45, 2.75) is 25.7 Å². The van der Waals surface area contributed by atoms with E-state index in [0.717, 1.165) is 5.69 Å². The number of H-pyrrole nitrogens is 1. The van der Waals surface area contributed by atoms with Gasteiger partial charge in [-0.1, -0.05) is 6.58 Å². The first-order chi connectivity index (χ1) is 9.42. The number of aromatic amines is 1. The summed E-state index contributed by atoms with van der Waals surface area (Å²) >= 11 is 0. The van der Waals surface area contributed by atoms with E-state index >= 15 is 0 Å². The molecule has 0 radical (unpaired) electrons. The molecule has 108 valence electrons. The van der Waals surface area contributed by atoms with Crippen LogP contribution in [0.3, 0.4) is 0 Å². The number of primary amides is 1. The monoisotopic (exact) mass is 278 g/mol. The number of aromatic nitrogens is 1. The van der Waals surface area contributed by atoms with Crippen molar-refractivity contribution in [1.29, 1.82) is 0 Å². The first-order valence-electron chi connectivity index (χ1n) is 6.25. The third-order valence-electron chi connectivity index (χ3n) is 2.94. The lowest BCUT2D eigenvalue weighted by Crippen LogP contribution is -2.21. The molecular weight excluding hydrogens is 260 g/mol. The minimum absolute atomic E-state index is 0.0344. The number of carbonyl (C=O) groups is 3. The van der Waals surface area contributed by atoms with Crippen molar-refractivity contribution in [2.75, 3.05) is 0 Å². The molecule has 0 bridgehead atoms. The Morgan fingerprint density at radius 1 is 1.40 bits per heavy atom. The Morgan fingerprint density at radius 2 is 2.10 bits per heavy atom. The Morgan fingerprint density at radius 3 is 2.60 bits per heavy atom. The number of nitrogens with two attached hydrogens (primary N) is 1. The second kappa shape index (κ2) is 7.28. The highest BCUT2D eigenvalue weighted by atomic mass is 16.4. The molecule has 0 aliphatic rings. The second-order valence-electron chi connectivity index (χ2n) is 4.60. The Labute approximate surface area is 116 Å². The number of carboxylic acids is 1. The van der Waals surface area contributed by atoms with Gasteiger partial charge in [-0.3, -0.25) is 14.4 Å². The average molecular weight is 278 g/mol. The van der Waals surface area contributed by atoms with E-state index in [4.69, 9.17) is 10.8 Å². The fourth-order valence-corrected chi connectivity index (χ4v) is 1.87. The summed E-state index contributed by atoms with van der Waals surface area (Å²) in [6, 6.07) is 3.55. The second-order valence-corrected chi connectivity index (χ2v) is 4.60. The highest BCUT2D eigenvalue weighted by Crippen LogP contribution is 2.14. The first kappa shape index (κ1) is 15.7. The summed E-state index contributed by atoms with van der Waals surface area (Å²) in [6.45, 7) is 3.60. The highest BCUT2D eigenvalue weighted by Gasteiger charge is 2.22. The average Bonchev–Trinajstić information content (AvgIpc) is 2.81. The van der Waals surface area contributed by atoms with E-state index in [0.29, 0.717) is 5.69 Å². The van der Waals surface area contributed by atoms with Gasteiger partial charge < -0.3 is 15.8 Å². The van der Waals surface area contributed by atoms with Crippen molar-refractivity contribution in [3.63, 3.8) is 0 Å². The van der Waals surface area contributed by atoms with Crippen molar-refractivity contribution in [3.8, 4) is 0 Å². The zero-order chi connectivity index (χ0) is 15.1. The maximum absolute atomic E-state index is 11.8. The molecule has 1 unspecified atom stereocenters. The van der Waals surface area contributed by atoms with Gasteiger partial charge in [0, 0.05) is 30.7 Å². The maximum atomic E-state index is 11.8. The number of ketones is 1. The first-order valence-corrected chi connectivity index (χ1v) is 6.25. The van der Waals surface area contributed by atoms with E-state index in [9.17, 15) is 14.4 Å². The molecule has 0 spiro atoms. The van der Waals surface area contributed by atoms with E-state index in [2.05, 4.69) is 11.6 Å². The summed E-state index contributed by atoms with van der Waals surface area (Å²) in [7, 11) is 0. The van der Waals surface area contributed by atoms with Gasteiger partial charge in [-0.2, -0.15) is 0 Å². The lowest BCUT2D eigenvalue weighted by Gasteiger charge is -2.10. The molecule has 0 aromatic carbocycles. The number of amides is 1. The van der Waals surface area contributed by atoms with Gasteiger partial charge in [-0.15, -0.1) is 0 Å². The summed E-state index contributed by atoms with van der Waals surface area (Å²) in [5.41, 5.74) is 6.50. The van der Waals surface area contributed by atoms with Crippen LogP contribution in [0, 0.1) is 5.92 Å². The van der Waals surface area contributed by atoms with Crippen molar-refractivity contribution >= 4 is 23.7 Å². The van der Waals surface area contributed by atoms with Crippen LogP contribution < -0.4 is 5.73 Å². The quantitative estimate of drug-likeness (QED) is 0.628. The maximum Gasteiger partial charge on any atom is 0.306 e. The summed E-state index contributed by atoms with van der Waals surface area (Å²) in [4.78, 5) is 36.5. The third-order valence-corrected chi connectivity index (χ3v) is 2.94. The number of hydrogen-bond donors (Lipinski definition) is 3. The molecular formula is C14H18N2O4. The molecule has 1 aromatic heterocycles. The van der Waals surface area contributed by atoms with Gasteiger partial charge in [-0.05, 0) is 24.6 Å². The van der Waals surface area contributed by atoms with E-state index in [1.165, 1.54) is 0 Å². The Bertz CT molecular complexity index is 519. The van der Waals surface area contributed by atoms with Gasteiger partial charge >= 0.3 is 5.97 Å². The third kappa shape index (κ3) is 5.09. The minimum Gasteiger partial charge on any atom is -0.481 e. The topological polar surface area (TPSA) is 113 Å². The molecule has 6 nitrogen and oxygen atoms in total. The molecule has 0 aliphatic heterocycles.